The van der Waals surface area contributed by atoms with Gasteiger partial charge in [0.1, 0.15) is 5.82 Å². The zero-order valence-corrected chi connectivity index (χ0v) is 17.3. The Bertz CT molecular complexity index is 1190. The predicted octanol–water partition coefficient (Wildman–Crippen LogP) is 3.92. The Labute approximate surface area is 185 Å². The lowest BCUT2D eigenvalue weighted by Crippen LogP contribution is -2.41. The normalized spacial score (nSPS) is 17.4. The van der Waals surface area contributed by atoms with Crippen molar-refractivity contribution < 1.29 is 27.3 Å². The first-order valence-corrected chi connectivity index (χ1v) is 10.8. The average Bonchev–Trinajstić information content (AvgIpc) is 2.78. The van der Waals surface area contributed by atoms with Crippen molar-refractivity contribution in [1.82, 2.24) is 5.32 Å². The molecule has 0 bridgehead atoms. The van der Waals surface area contributed by atoms with Gasteiger partial charge in [0.05, 0.1) is 22.6 Å². The minimum absolute atomic E-state index is 0.0594. The second-order valence-corrected chi connectivity index (χ2v) is 8.64. The Morgan fingerprint density at radius 1 is 0.969 bits per heavy atom. The van der Waals surface area contributed by atoms with Crippen LogP contribution in [0, 0.1) is 17.5 Å². The third kappa shape index (κ3) is 4.63. The van der Waals surface area contributed by atoms with Crippen LogP contribution in [-0.2, 0) is 24.3 Å². The van der Waals surface area contributed by atoms with Crippen LogP contribution in [0.2, 0.25) is 0 Å². The molecule has 32 heavy (non-hydrogen) atoms. The summed E-state index contributed by atoms with van der Waals surface area (Å²) in [7, 11) is 0. The lowest BCUT2D eigenvalue weighted by atomic mass is 9.98. The molecule has 9 heteroatoms. The van der Waals surface area contributed by atoms with Crippen molar-refractivity contribution in [2.24, 2.45) is 0 Å². The van der Waals surface area contributed by atoms with E-state index >= 15 is 0 Å². The first-order chi connectivity index (χ1) is 15.3. The van der Waals surface area contributed by atoms with Crippen LogP contribution in [0.15, 0.2) is 60.7 Å². The number of ketones is 1. The summed E-state index contributed by atoms with van der Waals surface area (Å²) >= 11 is -1.78. The first kappa shape index (κ1) is 21.9. The van der Waals surface area contributed by atoms with Crippen LogP contribution in [0.1, 0.15) is 31.8 Å². The SMILES string of the molecule is O=C(NCc1ccc(F)cc1)c1ccc2c(c1)C(=O)C(Cc1ccc(F)c(F)c1)[S+]([O-])N2. The molecule has 2 atom stereocenters. The molecule has 1 aliphatic rings. The highest BCUT2D eigenvalue weighted by Gasteiger charge is 2.39. The van der Waals surface area contributed by atoms with Crippen molar-refractivity contribution in [2.45, 2.75) is 18.2 Å². The number of anilines is 1. The Hall–Kier alpha value is -3.30. The van der Waals surface area contributed by atoms with Crippen molar-refractivity contribution in [1.29, 1.82) is 0 Å². The van der Waals surface area contributed by atoms with Crippen LogP contribution in [0.3, 0.4) is 0 Å². The van der Waals surface area contributed by atoms with Crippen LogP contribution in [0.5, 0.6) is 0 Å². The molecule has 2 N–H and O–H groups in total. The molecule has 5 nitrogen and oxygen atoms in total. The summed E-state index contributed by atoms with van der Waals surface area (Å²) in [4.78, 5) is 25.5. The Morgan fingerprint density at radius 3 is 2.41 bits per heavy atom. The van der Waals surface area contributed by atoms with Crippen LogP contribution in [0.25, 0.3) is 0 Å². The van der Waals surface area contributed by atoms with E-state index in [0.717, 1.165) is 12.1 Å². The molecule has 1 amide bonds. The molecule has 0 spiro atoms. The van der Waals surface area contributed by atoms with E-state index in [0.29, 0.717) is 16.8 Å². The molecule has 1 heterocycles. The number of carbonyl (C=O) groups excluding carboxylic acids is 2. The molecule has 0 radical (unpaired) electrons. The van der Waals surface area contributed by atoms with Crippen LogP contribution in [-0.4, -0.2) is 21.5 Å². The predicted molar refractivity (Wildman–Crippen MR) is 114 cm³/mol. The second kappa shape index (κ2) is 9.05. The van der Waals surface area contributed by atoms with Gasteiger partial charge in [0.15, 0.2) is 11.6 Å². The quantitative estimate of drug-likeness (QED) is 0.568. The maximum absolute atomic E-state index is 13.5. The number of hydrogen-bond donors (Lipinski definition) is 2. The Morgan fingerprint density at radius 2 is 1.69 bits per heavy atom. The summed E-state index contributed by atoms with van der Waals surface area (Å²) in [5.41, 5.74) is 1.77. The third-order valence-electron chi connectivity index (χ3n) is 5.08. The van der Waals surface area contributed by atoms with Crippen molar-refractivity contribution in [2.75, 3.05) is 4.72 Å². The van der Waals surface area contributed by atoms with Crippen molar-refractivity contribution in [3.05, 3.63) is 100 Å². The van der Waals surface area contributed by atoms with Gasteiger partial charge in [-0.1, -0.05) is 18.2 Å². The van der Waals surface area contributed by atoms with Gasteiger partial charge >= 0.3 is 0 Å². The monoisotopic (exact) mass is 458 g/mol. The van der Waals surface area contributed by atoms with E-state index in [-0.39, 0.29) is 29.9 Å². The minimum Gasteiger partial charge on any atom is -0.592 e. The van der Waals surface area contributed by atoms with E-state index in [9.17, 15) is 27.3 Å². The molecule has 3 aromatic rings. The highest BCUT2D eigenvalue weighted by molar-refractivity contribution is 7.94. The number of hydrogen-bond acceptors (Lipinski definition) is 4. The molecule has 1 aliphatic heterocycles. The molecular weight excluding hydrogens is 441 g/mol. The van der Waals surface area contributed by atoms with Crippen molar-refractivity contribution >= 4 is 28.7 Å². The number of amides is 1. The average molecular weight is 458 g/mol. The maximum atomic E-state index is 13.5. The molecule has 0 aromatic heterocycles. The van der Waals surface area contributed by atoms with Crippen LogP contribution < -0.4 is 10.0 Å². The third-order valence-corrected chi connectivity index (χ3v) is 6.40. The summed E-state index contributed by atoms with van der Waals surface area (Å²) in [5, 5.41) is 1.67. The van der Waals surface area contributed by atoms with Crippen molar-refractivity contribution in [3.8, 4) is 0 Å². The Kier molecular flexibility index (Phi) is 6.20. The van der Waals surface area contributed by atoms with E-state index in [2.05, 4.69) is 10.0 Å². The maximum Gasteiger partial charge on any atom is 0.251 e. The molecule has 4 rings (SSSR count). The lowest BCUT2D eigenvalue weighted by molar-refractivity contribution is 0.0951. The summed E-state index contributed by atoms with van der Waals surface area (Å²) in [6.07, 6.45) is -0.0594. The summed E-state index contributed by atoms with van der Waals surface area (Å²) < 4.78 is 54.9. The summed E-state index contributed by atoms with van der Waals surface area (Å²) in [6.45, 7) is 0.172. The fraction of sp³-hybridized carbons (Fsp3) is 0.130. The molecule has 164 valence electrons. The highest BCUT2D eigenvalue weighted by Crippen LogP contribution is 2.30. The van der Waals surface area contributed by atoms with E-state index < -0.39 is 39.9 Å². The van der Waals surface area contributed by atoms with E-state index in [1.807, 2.05) is 0 Å². The summed E-state index contributed by atoms with van der Waals surface area (Å²) in [5.74, 6) is -3.34. The van der Waals surface area contributed by atoms with Crippen LogP contribution >= 0.6 is 0 Å². The van der Waals surface area contributed by atoms with Gasteiger partial charge in [-0.15, -0.1) is 0 Å². The largest absolute Gasteiger partial charge is 0.592 e. The molecule has 2 unspecified atom stereocenters. The molecule has 0 fully saturated rings. The number of fused-ring (bicyclic) bond motifs is 1. The molecular formula is C23H17F3N2O3S. The molecule has 0 saturated heterocycles. The topological polar surface area (TPSA) is 81.3 Å². The van der Waals surface area contributed by atoms with Crippen molar-refractivity contribution in [3.63, 3.8) is 0 Å². The fourth-order valence-corrected chi connectivity index (χ4v) is 4.57. The van der Waals surface area contributed by atoms with Gasteiger partial charge in [-0.2, -0.15) is 0 Å². The first-order valence-electron chi connectivity index (χ1n) is 9.64. The minimum atomic E-state index is -1.78. The van der Waals surface area contributed by atoms with Gasteiger partial charge < -0.3 is 9.87 Å². The molecule has 3 aromatic carbocycles. The second-order valence-electron chi connectivity index (χ2n) is 7.27. The number of rotatable bonds is 5. The molecule has 0 aliphatic carbocycles. The zero-order valence-electron chi connectivity index (χ0n) is 16.5. The highest BCUT2D eigenvalue weighted by atomic mass is 32.2. The number of Topliss-reactive ketones (excluding diaryl/α,β-unsaturated/α-hetero) is 1. The number of halogens is 3. The van der Waals surface area contributed by atoms with Crippen LogP contribution in [0.4, 0.5) is 18.9 Å². The van der Waals surface area contributed by atoms with E-state index in [1.54, 1.807) is 12.1 Å². The van der Waals surface area contributed by atoms with E-state index in [1.165, 1.54) is 36.4 Å². The van der Waals surface area contributed by atoms with Gasteiger partial charge in [0.2, 0.25) is 11.0 Å². The Balaban J connectivity index is 1.51. The number of nitrogens with one attached hydrogen (secondary N) is 2. The van der Waals surface area contributed by atoms with Gasteiger partial charge in [0, 0.05) is 18.5 Å². The zero-order chi connectivity index (χ0) is 22.8. The summed E-state index contributed by atoms with van der Waals surface area (Å²) in [6, 6.07) is 13.3. The van der Waals surface area contributed by atoms with Gasteiger partial charge in [-0.05, 0) is 53.6 Å². The van der Waals surface area contributed by atoms with Gasteiger partial charge in [0.25, 0.3) is 5.91 Å². The van der Waals surface area contributed by atoms with Gasteiger partial charge in [-0.25, -0.2) is 17.9 Å². The lowest BCUT2D eigenvalue weighted by Gasteiger charge is -2.27. The number of carbonyl (C=O) groups is 2. The van der Waals surface area contributed by atoms with Gasteiger partial charge in [-0.3, -0.25) is 9.59 Å². The number of benzene rings is 3. The standard InChI is InChI=1S/C23H17F3N2O3S/c24-16-5-1-13(2-6-16)12-27-23(30)15-4-8-20-17(11-15)22(29)21(32(31)28-20)10-14-3-7-18(25)19(26)9-14/h1-9,11,21,28H,10,12H2,(H,27,30). The van der Waals surface area contributed by atoms with E-state index in [4.69, 9.17) is 0 Å². The fourth-order valence-electron chi connectivity index (χ4n) is 3.36. The molecule has 0 saturated carbocycles. The smallest absolute Gasteiger partial charge is 0.251 e.